The third-order valence-corrected chi connectivity index (χ3v) is 4.68. The van der Waals surface area contributed by atoms with E-state index in [1.54, 1.807) is 23.1 Å². The molecule has 0 saturated carbocycles. The van der Waals surface area contributed by atoms with Gasteiger partial charge in [0.15, 0.2) is 0 Å². The predicted octanol–water partition coefficient (Wildman–Crippen LogP) is 2.27. The predicted molar refractivity (Wildman–Crippen MR) is 94.0 cm³/mol. The van der Waals surface area contributed by atoms with E-state index >= 15 is 0 Å². The van der Waals surface area contributed by atoms with E-state index in [4.69, 9.17) is 0 Å². The molecular weight excluding hydrogens is 316 g/mol. The van der Waals surface area contributed by atoms with Crippen molar-refractivity contribution >= 4 is 29.0 Å². The number of para-hydroxylation sites is 1. The monoisotopic (exact) mass is 332 g/mol. The summed E-state index contributed by atoms with van der Waals surface area (Å²) in [6, 6.07) is 14.7. The van der Waals surface area contributed by atoms with Gasteiger partial charge in [0.05, 0.1) is 11.3 Å². The second-order valence-electron chi connectivity index (χ2n) is 6.15. The molecule has 5 nitrogen and oxygen atoms in total. The van der Waals surface area contributed by atoms with Gasteiger partial charge in [-0.2, -0.15) is 0 Å². The first-order valence-corrected chi connectivity index (χ1v) is 8.11. The van der Waals surface area contributed by atoms with Crippen molar-refractivity contribution in [1.82, 2.24) is 4.90 Å². The first-order valence-electron chi connectivity index (χ1n) is 8.11. The van der Waals surface area contributed by atoms with Gasteiger partial charge < -0.3 is 4.90 Å². The van der Waals surface area contributed by atoms with Gasteiger partial charge in [-0.05, 0) is 24.1 Å². The molecule has 3 amide bonds. The Labute approximate surface area is 145 Å². The van der Waals surface area contributed by atoms with Gasteiger partial charge in [-0.15, -0.1) is 0 Å². The van der Waals surface area contributed by atoms with Gasteiger partial charge >= 0.3 is 0 Å². The summed E-state index contributed by atoms with van der Waals surface area (Å²) in [5, 5.41) is 0. The maximum Gasteiger partial charge on any atom is 0.261 e. The largest absolute Gasteiger partial charge is 0.307 e. The lowest BCUT2D eigenvalue weighted by Gasteiger charge is -2.21. The maximum absolute atomic E-state index is 12.9. The fraction of sp³-hybridized carbons (Fsp3) is 0.150. The Hall–Kier alpha value is -3.21. The zero-order chi connectivity index (χ0) is 17.6. The Balaban J connectivity index is 1.80. The zero-order valence-electron chi connectivity index (χ0n) is 13.7. The summed E-state index contributed by atoms with van der Waals surface area (Å²) in [5.74, 6) is -0.772. The summed E-state index contributed by atoms with van der Waals surface area (Å²) in [5.41, 5.74) is 3.33. The zero-order valence-corrected chi connectivity index (χ0v) is 13.7. The van der Waals surface area contributed by atoms with E-state index in [2.05, 4.69) is 0 Å². The lowest BCUT2D eigenvalue weighted by atomic mass is 10.00. The van der Waals surface area contributed by atoms with E-state index in [-0.39, 0.29) is 17.7 Å². The van der Waals surface area contributed by atoms with Crippen LogP contribution in [0.5, 0.6) is 0 Å². The number of carbonyl (C=O) groups is 3. The van der Waals surface area contributed by atoms with Crippen LogP contribution in [-0.4, -0.2) is 36.2 Å². The number of hydrogen-bond donors (Lipinski definition) is 0. The van der Waals surface area contributed by atoms with Crippen molar-refractivity contribution in [3.05, 3.63) is 71.3 Å². The molecule has 2 aromatic rings. The van der Waals surface area contributed by atoms with Crippen LogP contribution < -0.4 is 4.90 Å². The Bertz CT molecular complexity index is 931. The average Bonchev–Trinajstić information content (AvgIpc) is 3.19. The second-order valence-corrected chi connectivity index (χ2v) is 6.15. The molecule has 0 N–H and O–H groups in total. The topological polar surface area (TPSA) is 57.7 Å². The number of rotatable bonds is 2. The summed E-state index contributed by atoms with van der Waals surface area (Å²) in [6.45, 7) is 0.561. The molecule has 0 unspecified atom stereocenters. The van der Waals surface area contributed by atoms with E-state index in [1.807, 2.05) is 30.3 Å². The molecule has 0 saturated heterocycles. The van der Waals surface area contributed by atoms with Crippen molar-refractivity contribution in [3.8, 4) is 0 Å². The van der Waals surface area contributed by atoms with Gasteiger partial charge in [0.2, 0.25) is 0 Å². The summed E-state index contributed by atoms with van der Waals surface area (Å²) >= 11 is 0. The molecule has 0 spiro atoms. The van der Waals surface area contributed by atoms with E-state index < -0.39 is 0 Å². The average molecular weight is 332 g/mol. The summed E-state index contributed by atoms with van der Waals surface area (Å²) in [4.78, 5) is 40.0. The molecule has 2 aliphatic rings. The van der Waals surface area contributed by atoms with Crippen LogP contribution in [0.3, 0.4) is 0 Å². The second kappa shape index (κ2) is 5.70. The standard InChI is InChI=1S/C20H16N2O3/c1-21-17(23)12-16(20(21)25)15-9-5-8-13-10-11-22(18(13)15)19(24)14-6-3-2-4-7-14/h2-9,12H,10-11H2,1H3. The van der Waals surface area contributed by atoms with Crippen LogP contribution >= 0.6 is 0 Å². The highest BCUT2D eigenvalue weighted by Crippen LogP contribution is 2.38. The van der Waals surface area contributed by atoms with Gasteiger partial charge in [-0.25, -0.2) is 0 Å². The molecule has 0 fully saturated rings. The van der Waals surface area contributed by atoms with Crippen molar-refractivity contribution in [2.45, 2.75) is 6.42 Å². The highest BCUT2D eigenvalue weighted by molar-refractivity contribution is 6.34. The van der Waals surface area contributed by atoms with E-state index in [1.165, 1.54) is 13.1 Å². The maximum atomic E-state index is 12.9. The molecule has 0 atom stereocenters. The van der Waals surface area contributed by atoms with Crippen LogP contribution in [0.2, 0.25) is 0 Å². The fourth-order valence-corrected chi connectivity index (χ4v) is 3.37. The summed E-state index contributed by atoms with van der Waals surface area (Å²) in [7, 11) is 1.46. The number of nitrogens with zero attached hydrogens (tertiary/aromatic N) is 2. The molecule has 4 rings (SSSR count). The van der Waals surface area contributed by atoms with E-state index in [9.17, 15) is 14.4 Å². The minimum absolute atomic E-state index is 0.0995. The van der Waals surface area contributed by atoms with Crippen LogP contribution in [-0.2, 0) is 16.0 Å². The number of carbonyl (C=O) groups excluding carboxylic acids is 3. The number of fused-ring (bicyclic) bond motifs is 1. The van der Waals surface area contributed by atoms with Crippen LogP contribution in [0.15, 0.2) is 54.6 Å². The molecule has 124 valence electrons. The summed E-state index contributed by atoms with van der Waals surface area (Å²) in [6.07, 6.45) is 2.08. The van der Waals surface area contributed by atoms with Gasteiger partial charge in [0.25, 0.3) is 17.7 Å². The van der Waals surface area contributed by atoms with E-state index in [0.29, 0.717) is 23.2 Å². The number of hydrogen-bond acceptors (Lipinski definition) is 3. The van der Waals surface area contributed by atoms with Gasteiger partial charge in [-0.1, -0.05) is 36.4 Å². The van der Waals surface area contributed by atoms with Crippen molar-refractivity contribution in [3.63, 3.8) is 0 Å². The molecule has 5 heteroatoms. The Morgan fingerprint density at radius 2 is 1.76 bits per heavy atom. The first kappa shape index (κ1) is 15.3. The first-order chi connectivity index (χ1) is 12.1. The lowest BCUT2D eigenvalue weighted by Crippen LogP contribution is -2.30. The summed E-state index contributed by atoms with van der Waals surface area (Å²) < 4.78 is 0. The lowest BCUT2D eigenvalue weighted by molar-refractivity contribution is -0.134. The molecule has 0 bridgehead atoms. The minimum atomic E-state index is -0.337. The Morgan fingerprint density at radius 1 is 1.00 bits per heavy atom. The van der Waals surface area contributed by atoms with Gasteiger partial charge in [0.1, 0.15) is 0 Å². The number of anilines is 1. The highest BCUT2D eigenvalue weighted by atomic mass is 16.2. The smallest absolute Gasteiger partial charge is 0.261 e. The third-order valence-electron chi connectivity index (χ3n) is 4.68. The van der Waals surface area contributed by atoms with Crippen LogP contribution in [0.25, 0.3) is 5.57 Å². The van der Waals surface area contributed by atoms with Gasteiger partial charge in [-0.3, -0.25) is 19.3 Å². The molecule has 0 aliphatic carbocycles. The van der Waals surface area contributed by atoms with Crippen molar-refractivity contribution in [2.75, 3.05) is 18.5 Å². The van der Waals surface area contributed by atoms with Crippen molar-refractivity contribution in [1.29, 1.82) is 0 Å². The minimum Gasteiger partial charge on any atom is -0.307 e. The molecule has 25 heavy (non-hydrogen) atoms. The van der Waals surface area contributed by atoms with Crippen molar-refractivity contribution < 1.29 is 14.4 Å². The van der Waals surface area contributed by atoms with Crippen LogP contribution in [0.1, 0.15) is 21.5 Å². The fourth-order valence-electron chi connectivity index (χ4n) is 3.37. The third kappa shape index (κ3) is 2.36. The molecule has 0 radical (unpaired) electrons. The Kier molecular flexibility index (Phi) is 3.50. The molecule has 2 aromatic carbocycles. The Morgan fingerprint density at radius 3 is 2.44 bits per heavy atom. The van der Waals surface area contributed by atoms with Gasteiger partial charge in [0, 0.05) is 30.8 Å². The molecule has 2 heterocycles. The molecule has 2 aliphatic heterocycles. The molecular formula is C20H16N2O3. The highest BCUT2D eigenvalue weighted by Gasteiger charge is 2.34. The van der Waals surface area contributed by atoms with E-state index in [0.717, 1.165) is 22.6 Å². The normalized spacial score (nSPS) is 16.3. The number of likely N-dealkylation sites (N-methyl/N-ethyl adjacent to an activating group) is 1. The van der Waals surface area contributed by atoms with Crippen LogP contribution in [0, 0.1) is 0 Å². The van der Waals surface area contributed by atoms with Crippen LogP contribution in [0.4, 0.5) is 5.69 Å². The van der Waals surface area contributed by atoms with Crippen molar-refractivity contribution in [2.24, 2.45) is 0 Å². The number of imide groups is 1. The number of amides is 3. The number of benzene rings is 2. The molecule has 0 aromatic heterocycles. The SMILES string of the molecule is CN1C(=O)C=C(c2cccc3c2N(C(=O)c2ccccc2)CC3)C1=O. The quantitative estimate of drug-likeness (QED) is 0.793.